The van der Waals surface area contributed by atoms with Gasteiger partial charge in [0.05, 0.1) is 18.7 Å². The molecule has 1 aliphatic rings. The van der Waals surface area contributed by atoms with Gasteiger partial charge in [-0.3, -0.25) is 4.90 Å². The minimum Gasteiger partial charge on any atom is -0.507 e. The summed E-state index contributed by atoms with van der Waals surface area (Å²) in [5.41, 5.74) is 0.401. The van der Waals surface area contributed by atoms with Crippen molar-refractivity contribution in [1.82, 2.24) is 19.9 Å². The molecule has 0 saturated carbocycles. The zero-order valence-electron chi connectivity index (χ0n) is 13.8. The second-order valence-corrected chi connectivity index (χ2v) is 6.08. The minimum absolute atomic E-state index is 0.0302. The summed E-state index contributed by atoms with van der Waals surface area (Å²) >= 11 is 5.94. The highest BCUT2D eigenvalue weighted by Gasteiger charge is 2.23. The maximum atomic E-state index is 11.7. The van der Waals surface area contributed by atoms with Gasteiger partial charge in [-0.1, -0.05) is 16.8 Å². The van der Waals surface area contributed by atoms with Crippen LogP contribution >= 0.6 is 11.6 Å². The zero-order chi connectivity index (χ0) is 17.8. The number of carbonyl (C=O) groups excluding carboxylic acids is 1. The van der Waals surface area contributed by atoms with Gasteiger partial charge in [0.25, 0.3) is 5.89 Å². The van der Waals surface area contributed by atoms with Gasteiger partial charge in [-0.2, -0.15) is 4.98 Å². The second kappa shape index (κ2) is 7.71. The number of aromatic hydroxyl groups is 1. The number of benzene rings is 1. The molecule has 1 aromatic carbocycles. The van der Waals surface area contributed by atoms with Crippen molar-refractivity contribution in [3.05, 3.63) is 29.0 Å². The maximum absolute atomic E-state index is 11.7. The molecule has 2 aromatic rings. The van der Waals surface area contributed by atoms with E-state index in [1.165, 1.54) is 6.07 Å². The summed E-state index contributed by atoms with van der Waals surface area (Å²) in [5.74, 6) is 0.766. The van der Waals surface area contributed by atoms with Crippen LogP contribution in [-0.4, -0.2) is 63.9 Å². The van der Waals surface area contributed by atoms with Crippen LogP contribution in [0, 0.1) is 0 Å². The van der Waals surface area contributed by atoms with Crippen molar-refractivity contribution in [3.63, 3.8) is 0 Å². The van der Waals surface area contributed by atoms with Crippen molar-refractivity contribution in [2.45, 2.75) is 13.5 Å². The first-order valence-corrected chi connectivity index (χ1v) is 8.40. The van der Waals surface area contributed by atoms with E-state index < -0.39 is 0 Å². The highest BCUT2D eigenvalue weighted by Crippen LogP contribution is 2.30. The van der Waals surface area contributed by atoms with Gasteiger partial charge < -0.3 is 19.3 Å². The molecule has 1 saturated heterocycles. The standard InChI is InChI=1S/C16H19ClN4O4/c1-2-24-16(23)21-7-5-20(6-8-21)10-14-18-15(25-19-14)12-9-11(17)3-4-13(12)22/h3-4,9,22H,2,5-8,10H2,1H3. The van der Waals surface area contributed by atoms with Crippen LogP contribution in [0.5, 0.6) is 5.75 Å². The molecule has 0 bridgehead atoms. The van der Waals surface area contributed by atoms with Crippen LogP contribution in [0.2, 0.25) is 5.02 Å². The molecule has 1 aromatic heterocycles. The zero-order valence-corrected chi connectivity index (χ0v) is 14.6. The summed E-state index contributed by atoms with van der Waals surface area (Å²) in [4.78, 5) is 19.8. The molecule has 1 aliphatic heterocycles. The van der Waals surface area contributed by atoms with Gasteiger partial charge in [0.15, 0.2) is 5.82 Å². The second-order valence-electron chi connectivity index (χ2n) is 5.64. The number of phenolic OH excluding ortho intramolecular Hbond substituents is 1. The quantitative estimate of drug-likeness (QED) is 0.887. The Balaban J connectivity index is 1.59. The molecule has 0 atom stereocenters. The normalized spacial score (nSPS) is 15.4. The summed E-state index contributed by atoms with van der Waals surface area (Å²) in [6.07, 6.45) is -0.277. The first-order valence-electron chi connectivity index (χ1n) is 8.02. The topological polar surface area (TPSA) is 91.9 Å². The van der Waals surface area contributed by atoms with E-state index in [1.54, 1.807) is 24.0 Å². The molecule has 0 unspecified atom stereocenters. The Morgan fingerprint density at radius 2 is 2.12 bits per heavy atom. The summed E-state index contributed by atoms with van der Waals surface area (Å²) in [5, 5.41) is 14.3. The van der Waals surface area contributed by atoms with Crippen molar-refractivity contribution < 1.29 is 19.2 Å². The van der Waals surface area contributed by atoms with Crippen molar-refractivity contribution in [1.29, 1.82) is 0 Å². The summed E-state index contributed by atoms with van der Waals surface area (Å²) in [6.45, 7) is 5.26. The number of hydrogen-bond acceptors (Lipinski definition) is 7. The number of ether oxygens (including phenoxy) is 1. The molecule has 0 aliphatic carbocycles. The van der Waals surface area contributed by atoms with Crippen molar-refractivity contribution in [3.8, 4) is 17.2 Å². The van der Waals surface area contributed by atoms with E-state index >= 15 is 0 Å². The highest BCUT2D eigenvalue weighted by molar-refractivity contribution is 6.30. The van der Waals surface area contributed by atoms with E-state index in [2.05, 4.69) is 15.0 Å². The molecule has 1 N–H and O–H groups in total. The van der Waals surface area contributed by atoms with Gasteiger partial charge in [-0.15, -0.1) is 0 Å². The summed E-state index contributed by atoms with van der Waals surface area (Å²) in [6, 6.07) is 4.64. The largest absolute Gasteiger partial charge is 0.507 e. The Labute approximate surface area is 149 Å². The van der Waals surface area contributed by atoms with Crippen molar-refractivity contribution >= 4 is 17.7 Å². The number of hydrogen-bond donors (Lipinski definition) is 1. The van der Waals surface area contributed by atoms with E-state index in [-0.39, 0.29) is 17.7 Å². The number of amides is 1. The summed E-state index contributed by atoms with van der Waals surface area (Å²) < 4.78 is 10.2. The molecule has 2 heterocycles. The molecule has 134 valence electrons. The van der Waals surface area contributed by atoms with Crippen LogP contribution in [0.1, 0.15) is 12.7 Å². The average molecular weight is 367 g/mol. The third-order valence-electron chi connectivity index (χ3n) is 3.92. The minimum atomic E-state index is -0.277. The van der Waals surface area contributed by atoms with Gasteiger partial charge >= 0.3 is 6.09 Å². The van der Waals surface area contributed by atoms with Gasteiger partial charge in [-0.05, 0) is 25.1 Å². The number of nitrogens with zero attached hydrogens (tertiary/aromatic N) is 4. The molecule has 3 rings (SSSR count). The predicted molar refractivity (Wildman–Crippen MR) is 90.3 cm³/mol. The van der Waals surface area contributed by atoms with Crippen LogP contribution in [0.15, 0.2) is 22.7 Å². The molecule has 9 heteroatoms. The Morgan fingerprint density at radius 3 is 2.84 bits per heavy atom. The monoisotopic (exact) mass is 366 g/mol. The van der Waals surface area contributed by atoms with Crippen molar-refractivity contribution in [2.75, 3.05) is 32.8 Å². The number of piperazine rings is 1. The van der Waals surface area contributed by atoms with E-state index in [9.17, 15) is 9.90 Å². The first kappa shape index (κ1) is 17.5. The van der Waals surface area contributed by atoms with Crippen LogP contribution in [0.3, 0.4) is 0 Å². The van der Waals surface area contributed by atoms with E-state index in [0.29, 0.717) is 55.7 Å². The van der Waals surface area contributed by atoms with Gasteiger partial charge in [0, 0.05) is 31.2 Å². The van der Waals surface area contributed by atoms with Gasteiger partial charge in [0.1, 0.15) is 5.75 Å². The lowest BCUT2D eigenvalue weighted by atomic mass is 10.2. The fourth-order valence-corrected chi connectivity index (χ4v) is 2.78. The maximum Gasteiger partial charge on any atom is 0.409 e. The predicted octanol–water partition coefficient (Wildman–Crippen LogP) is 2.37. The molecule has 1 fully saturated rings. The van der Waals surface area contributed by atoms with Crippen LogP contribution < -0.4 is 0 Å². The Hall–Kier alpha value is -2.32. The SMILES string of the molecule is CCOC(=O)N1CCN(Cc2noc(-c3cc(Cl)ccc3O)n2)CC1. The fraction of sp³-hybridized carbons (Fsp3) is 0.438. The Kier molecular flexibility index (Phi) is 5.40. The number of halogens is 1. The molecule has 25 heavy (non-hydrogen) atoms. The van der Waals surface area contributed by atoms with Crippen molar-refractivity contribution in [2.24, 2.45) is 0 Å². The number of rotatable bonds is 4. The van der Waals surface area contributed by atoms with Crippen LogP contribution in [-0.2, 0) is 11.3 Å². The average Bonchev–Trinajstić information content (AvgIpc) is 3.06. The van der Waals surface area contributed by atoms with E-state index in [0.717, 1.165) is 0 Å². The molecular weight excluding hydrogens is 348 g/mol. The molecular formula is C16H19ClN4O4. The fourth-order valence-electron chi connectivity index (χ4n) is 2.61. The Morgan fingerprint density at radius 1 is 1.36 bits per heavy atom. The van der Waals surface area contributed by atoms with E-state index in [1.807, 2.05) is 0 Å². The van der Waals surface area contributed by atoms with Gasteiger partial charge in [0.2, 0.25) is 0 Å². The number of phenols is 1. The third-order valence-corrected chi connectivity index (χ3v) is 4.16. The van der Waals surface area contributed by atoms with Crippen LogP contribution in [0.25, 0.3) is 11.5 Å². The third kappa shape index (κ3) is 4.21. The lowest BCUT2D eigenvalue weighted by Gasteiger charge is -2.33. The molecule has 1 amide bonds. The molecule has 8 nitrogen and oxygen atoms in total. The lowest BCUT2D eigenvalue weighted by Crippen LogP contribution is -2.48. The molecule has 0 radical (unpaired) electrons. The van der Waals surface area contributed by atoms with Gasteiger partial charge in [-0.25, -0.2) is 4.79 Å². The lowest BCUT2D eigenvalue weighted by molar-refractivity contribution is 0.0769. The van der Waals surface area contributed by atoms with E-state index in [4.69, 9.17) is 20.9 Å². The number of aromatic nitrogens is 2. The highest BCUT2D eigenvalue weighted by atomic mass is 35.5. The first-order chi connectivity index (χ1) is 12.1. The smallest absolute Gasteiger partial charge is 0.409 e. The summed E-state index contributed by atoms with van der Waals surface area (Å²) in [7, 11) is 0. The number of carbonyl (C=O) groups is 1. The Bertz CT molecular complexity index is 743. The van der Waals surface area contributed by atoms with Crippen LogP contribution in [0.4, 0.5) is 4.79 Å². The molecule has 0 spiro atoms.